The minimum Gasteiger partial charge on any atom is -0.462 e. The van der Waals surface area contributed by atoms with Crippen LogP contribution in [0.2, 0.25) is 0 Å². The van der Waals surface area contributed by atoms with Crippen molar-refractivity contribution in [1.82, 2.24) is 0 Å². The van der Waals surface area contributed by atoms with E-state index in [9.17, 15) is 4.79 Å². The summed E-state index contributed by atoms with van der Waals surface area (Å²) in [5, 5.41) is 3.59. The van der Waals surface area contributed by atoms with Crippen LogP contribution in [0.3, 0.4) is 0 Å². The maximum Gasteiger partial charge on any atom is 0.323 e. The number of benzene rings is 3. The molecule has 0 aliphatic carbocycles. The smallest absolute Gasteiger partial charge is 0.323 e. The highest BCUT2D eigenvalue weighted by Crippen LogP contribution is 2.53. The van der Waals surface area contributed by atoms with Crippen LogP contribution < -0.4 is 5.32 Å². The molecule has 1 aliphatic rings. The molecule has 0 fully saturated rings. The number of ether oxygens (including phenoxy) is 1. The Morgan fingerprint density at radius 3 is 2.15 bits per heavy atom. The van der Waals surface area contributed by atoms with E-state index in [-0.39, 0.29) is 18.1 Å². The van der Waals surface area contributed by atoms with Gasteiger partial charge in [-0.15, -0.1) is 0 Å². The lowest BCUT2D eigenvalue weighted by molar-refractivity contribution is -0.153. The average molecular weight is 357 g/mol. The molecule has 0 radical (unpaired) electrons. The molecule has 1 aliphatic heterocycles. The molecule has 3 heteroatoms. The van der Waals surface area contributed by atoms with Crippen molar-refractivity contribution >= 4 is 11.7 Å². The van der Waals surface area contributed by atoms with Crippen molar-refractivity contribution in [2.24, 2.45) is 0 Å². The predicted molar refractivity (Wildman–Crippen MR) is 108 cm³/mol. The highest BCUT2D eigenvalue weighted by Gasteiger charge is 2.56. The summed E-state index contributed by atoms with van der Waals surface area (Å²) < 4.78 is 5.82. The van der Waals surface area contributed by atoms with Crippen LogP contribution in [0.25, 0.3) is 0 Å². The zero-order chi connectivity index (χ0) is 18.9. The zero-order valence-electron chi connectivity index (χ0n) is 15.6. The molecule has 0 aromatic heterocycles. The van der Waals surface area contributed by atoms with Gasteiger partial charge in [-0.2, -0.15) is 0 Å². The van der Waals surface area contributed by atoms with Gasteiger partial charge in [0.25, 0.3) is 0 Å². The van der Waals surface area contributed by atoms with Crippen LogP contribution in [0.4, 0.5) is 5.69 Å². The van der Waals surface area contributed by atoms with E-state index in [0.29, 0.717) is 0 Å². The maximum atomic E-state index is 13.7. The number of para-hydroxylation sites is 1. The van der Waals surface area contributed by atoms with Crippen LogP contribution in [0.1, 0.15) is 36.6 Å². The molecule has 0 unspecified atom stereocenters. The second-order valence-corrected chi connectivity index (χ2v) is 7.16. The number of nitrogens with one attached hydrogen (secondary N) is 1. The summed E-state index contributed by atoms with van der Waals surface area (Å²) in [6, 6.07) is 27.8. The van der Waals surface area contributed by atoms with Crippen molar-refractivity contribution in [2.75, 3.05) is 5.32 Å². The molecular formula is C24H23NO2. The van der Waals surface area contributed by atoms with E-state index in [1.165, 1.54) is 0 Å². The Bertz CT molecular complexity index is 937. The predicted octanol–water partition coefficient (Wildman–Crippen LogP) is 5.09. The molecule has 4 rings (SSSR count). The van der Waals surface area contributed by atoms with Crippen molar-refractivity contribution in [1.29, 1.82) is 0 Å². The number of carbonyl (C=O) groups excluding carboxylic acids is 1. The molecule has 3 nitrogen and oxygen atoms in total. The van der Waals surface area contributed by atoms with Crippen LogP contribution in [-0.2, 0) is 14.9 Å². The Kier molecular flexibility index (Phi) is 4.44. The van der Waals surface area contributed by atoms with Crippen molar-refractivity contribution in [3.63, 3.8) is 0 Å². The summed E-state index contributed by atoms with van der Waals surface area (Å²) >= 11 is 0. The minimum atomic E-state index is -0.941. The van der Waals surface area contributed by atoms with E-state index in [1.807, 2.05) is 86.6 Å². The van der Waals surface area contributed by atoms with Crippen molar-refractivity contribution < 1.29 is 9.53 Å². The van der Waals surface area contributed by atoms with Crippen molar-refractivity contribution in [3.05, 3.63) is 102 Å². The fourth-order valence-electron chi connectivity index (χ4n) is 4.03. The van der Waals surface area contributed by atoms with E-state index < -0.39 is 5.41 Å². The van der Waals surface area contributed by atoms with Gasteiger partial charge in [-0.25, -0.2) is 0 Å². The second-order valence-electron chi connectivity index (χ2n) is 7.16. The Morgan fingerprint density at radius 1 is 0.889 bits per heavy atom. The number of hydrogen-bond donors (Lipinski definition) is 1. The van der Waals surface area contributed by atoms with Gasteiger partial charge < -0.3 is 10.1 Å². The molecule has 3 aromatic carbocycles. The van der Waals surface area contributed by atoms with Gasteiger partial charge in [0.1, 0.15) is 5.41 Å². The third kappa shape index (κ3) is 2.80. The molecule has 2 atom stereocenters. The Morgan fingerprint density at radius 2 is 1.48 bits per heavy atom. The maximum absolute atomic E-state index is 13.7. The van der Waals surface area contributed by atoms with E-state index in [1.54, 1.807) is 0 Å². The zero-order valence-corrected chi connectivity index (χ0v) is 15.6. The number of rotatable bonds is 4. The first-order valence-corrected chi connectivity index (χ1v) is 9.31. The van der Waals surface area contributed by atoms with Gasteiger partial charge in [0.05, 0.1) is 12.1 Å². The van der Waals surface area contributed by atoms with Crippen molar-refractivity contribution in [3.8, 4) is 0 Å². The summed E-state index contributed by atoms with van der Waals surface area (Å²) in [6.07, 6.45) is -0.192. The lowest BCUT2D eigenvalue weighted by atomic mass is 9.69. The van der Waals surface area contributed by atoms with Crippen molar-refractivity contribution in [2.45, 2.75) is 31.4 Å². The SMILES string of the molecule is CC(C)OC(=O)[C@]1(c2ccccc2)c2ccccc2N[C@H]1c1ccccc1. The molecule has 0 spiro atoms. The Labute approximate surface area is 160 Å². The van der Waals surface area contributed by atoms with Gasteiger partial charge in [0, 0.05) is 5.69 Å². The van der Waals surface area contributed by atoms with E-state index >= 15 is 0 Å². The fraction of sp³-hybridized carbons (Fsp3) is 0.208. The molecule has 136 valence electrons. The summed E-state index contributed by atoms with van der Waals surface area (Å²) in [5.41, 5.74) is 2.97. The molecule has 0 amide bonds. The number of hydrogen-bond acceptors (Lipinski definition) is 3. The highest BCUT2D eigenvalue weighted by atomic mass is 16.5. The lowest BCUT2D eigenvalue weighted by Gasteiger charge is -2.35. The first kappa shape index (κ1) is 17.3. The van der Waals surface area contributed by atoms with E-state index in [0.717, 1.165) is 22.4 Å². The van der Waals surface area contributed by atoms with Crippen LogP contribution in [0, 0.1) is 0 Å². The first-order valence-electron chi connectivity index (χ1n) is 9.31. The minimum absolute atomic E-state index is 0.192. The highest BCUT2D eigenvalue weighted by molar-refractivity contribution is 5.94. The van der Waals surface area contributed by atoms with Crippen LogP contribution in [0.5, 0.6) is 0 Å². The topological polar surface area (TPSA) is 38.3 Å². The molecule has 0 saturated heterocycles. The summed E-state index contributed by atoms with van der Waals surface area (Å²) in [7, 11) is 0. The largest absolute Gasteiger partial charge is 0.462 e. The number of carbonyl (C=O) groups is 1. The third-order valence-electron chi connectivity index (χ3n) is 5.11. The Balaban J connectivity index is 2.01. The number of anilines is 1. The molecular weight excluding hydrogens is 334 g/mol. The van der Waals surface area contributed by atoms with Gasteiger partial charge in [-0.3, -0.25) is 4.79 Å². The average Bonchev–Trinajstić information content (AvgIpc) is 3.05. The summed E-state index contributed by atoms with van der Waals surface area (Å²) in [4.78, 5) is 13.7. The quantitative estimate of drug-likeness (QED) is 0.661. The Hall–Kier alpha value is -3.07. The monoisotopic (exact) mass is 357 g/mol. The molecule has 3 aromatic rings. The van der Waals surface area contributed by atoms with Gasteiger partial charge in [-0.05, 0) is 36.6 Å². The molecule has 1 heterocycles. The summed E-state index contributed by atoms with van der Waals surface area (Å²) in [5.74, 6) is -0.227. The van der Waals surface area contributed by atoms with E-state index in [4.69, 9.17) is 4.74 Å². The molecule has 1 N–H and O–H groups in total. The van der Waals surface area contributed by atoms with Gasteiger partial charge in [-0.1, -0.05) is 78.9 Å². The van der Waals surface area contributed by atoms with E-state index in [2.05, 4.69) is 17.4 Å². The standard InChI is InChI=1S/C24H23NO2/c1-17(2)27-23(26)24(19-13-7-4-8-14-19)20-15-9-10-16-21(20)25-22(24)18-11-5-3-6-12-18/h3-17,22,25H,1-2H3/t22-,24+/m0/s1. The van der Waals surface area contributed by atoms with Gasteiger partial charge >= 0.3 is 5.97 Å². The lowest BCUT2D eigenvalue weighted by Crippen LogP contribution is -2.43. The fourth-order valence-corrected chi connectivity index (χ4v) is 4.03. The summed E-state index contributed by atoms with van der Waals surface area (Å²) in [6.45, 7) is 3.78. The van der Waals surface area contributed by atoms with Crippen LogP contribution >= 0.6 is 0 Å². The third-order valence-corrected chi connectivity index (χ3v) is 5.11. The first-order chi connectivity index (χ1) is 13.1. The molecule has 27 heavy (non-hydrogen) atoms. The van der Waals surface area contributed by atoms with Gasteiger partial charge in [0.2, 0.25) is 0 Å². The van der Waals surface area contributed by atoms with Crippen LogP contribution in [0.15, 0.2) is 84.9 Å². The van der Waals surface area contributed by atoms with Crippen LogP contribution in [-0.4, -0.2) is 12.1 Å². The second kappa shape index (κ2) is 6.92. The number of esters is 1. The molecule has 0 bridgehead atoms. The normalized spacial score (nSPS) is 20.8. The van der Waals surface area contributed by atoms with Gasteiger partial charge in [0.15, 0.2) is 0 Å². The molecule has 0 saturated carbocycles. The number of fused-ring (bicyclic) bond motifs is 1.